The smallest absolute Gasteiger partial charge is 0.136 e. The van der Waals surface area contributed by atoms with E-state index in [4.69, 9.17) is 20.8 Å². The van der Waals surface area contributed by atoms with E-state index in [1.807, 2.05) is 24.3 Å². The van der Waals surface area contributed by atoms with Gasteiger partial charge in [-0.15, -0.1) is 0 Å². The number of halogens is 1. The number of ether oxygens (including phenoxy) is 1. The minimum Gasteiger partial charge on any atom is -0.458 e. The molecule has 1 aromatic carbocycles. The molecule has 0 amide bonds. The van der Waals surface area contributed by atoms with Crippen LogP contribution in [0.3, 0.4) is 0 Å². The van der Waals surface area contributed by atoms with E-state index >= 15 is 0 Å². The van der Waals surface area contributed by atoms with Gasteiger partial charge in [-0.1, -0.05) is 18.5 Å². The summed E-state index contributed by atoms with van der Waals surface area (Å²) >= 11 is 6.38. The monoisotopic (exact) mass is 342 g/mol. The second-order valence-electron chi connectivity index (χ2n) is 6.34. The Morgan fingerprint density at radius 1 is 1.25 bits per heavy atom. The zero-order chi connectivity index (χ0) is 16.5. The third-order valence-corrected chi connectivity index (χ3v) is 4.73. The van der Waals surface area contributed by atoms with Crippen molar-refractivity contribution in [3.63, 3.8) is 0 Å². The zero-order valence-electron chi connectivity index (χ0n) is 13.5. The first-order chi connectivity index (χ1) is 11.7. The lowest BCUT2D eigenvalue weighted by atomic mass is 10.00. The van der Waals surface area contributed by atoms with Gasteiger partial charge in [-0.3, -0.25) is 4.98 Å². The number of hydrogen-bond donors (Lipinski definition) is 1. The number of rotatable bonds is 4. The molecular formula is C19H19ClN2O2. The second kappa shape index (κ2) is 6.46. The molecule has 124 valence electrons. The van der Waals surface area contributed by atoms with E-state index in [0.29, 0.717) is 19.1 Å². The van der Waals surface area contributed by atoms with Gasteiger partial charge in [0.2, 0.25) is 0 Å². The van der Waals surface area contributed by atoms with Crippen LogP contribution >= 0.6 is 11.6 Å². The van der Waals surface area contributed by atoms with Gasteiger partial charge in [0, 0.05) is 29.9 Å². The Hall–Kier alpha value is -2.04. The summed E-state index contributed by atoms with van der Waals surface area (Å²) in [5.41, 5.74) is 4.17. The van der Waals surface area contributed by atoms with Crippen molar-refractivity contribution in [1.29, 1.82) is 0 Å². The maximum atomic E-state index is 6.38. The predicted octanol–water partition coefficient (Wildman–Crippen LogP) is 4.80. The molecule has 2 aromatic heterocycles. The molecule has 4 nitrogen and oxygen atoms in total. The molecular weight excluding hydrogens is 324 g/mol. The fraction of sp³-hybridized carbons (Fsp3) is 0.316. The Morgan fingerprint density at radius 2 is 2.08 bits per heavy atom. The van der Waals surface area contributed by atoms with Gasteiger partial charge in [-0.25, -0.2) is 0 Å². The molecule has 1 N–H and O–H groups in total. The number of nitrogens with zero attached hydrogens (tertiary/aromatic N) is 1. The van der Waals surface area contributed by atoms with Gasteiger partial charge in [-0.05, 0) is 42.2 Å². The number of aromatic nitrogens is 1. The first kappa shape index (κ1) is 15.5. The van der Waals surface area contributed by atoms with Gasteiger partial charge < -0.3 is 14.5 Å². The number of nitrogens with one attached hydrogen (secondary N) is 1. The first-order valence-corrected chi connectivity index (χ1v) is 8.53. The highest BCUT2D eigenvalue weighted by Gasteiger charge is 2.24. The van der Waals surface area contributed by atoms with Crippen molar-refractivity contribution in [3.05, 3.63) is 58.6 Å². The summed E-state index contributed by atoms with van der Waals surface area (Å²) in [4.78, 5) is 4.02. The Bertz CT molecular complexity index is 861. The lowest BCUT2D eigenvalue weighted by Gasteiger charge is -2.10. The van der Waals surface area contributed by atoms with Crippen molar-refractivity contribution in [2.24, 2.45) is 5.92 Å². The quantitative estimate of drug-likeness (QED) is 0.739. The Kier molecular flexibility index (Phi) is 4.17. The summed E-state index contributed by atoms with van der Waals surface area (Å²) in [6.45, 7) is 4.13. The van der Waals surface area contributed by atoms with Crippen molar-refractivity contribution in [1.82, 2.24) is 4.98 Å². The lowest BCUT2D eigenvalue weighted by molar-refractivity contribution is 0.0931. The minimum atomic E-state index is 0.454. The van der Waals surface area contributed by atoms with Gasteiger partial charge in [0.15, 0.2) is 0 Å². The molecule has 0 radical (unpaired) electrons. The van der Waals surface area contributed by atoms with Crippen LogP contribution in [0.5, 0.6) is 0 Å². The molecule has 1 aliphatic heterocycles. The fourth-order valence-corrected chi connectivity index (χ4v) is 3.44. The zero-order valence-corrected chi connectivity index (χ0v) is 14.3. The van der Waals surface area contributed by atoms with Crippen LogP contribution in [0.25, 0.3) is 11.0 Å². The summed E-state index contributed by atoms with van der Waals surface area (Å²) in [7, 11) is 0. The summed E-state index contributed by atoms with van der Waals surface area (Å²) in [5.74, 6) is 1.41. The molecule has 1 aliphatic rings. The number of benzene rings is 1. The van der Waals surface area contributed by atoms with Crippen LogP contribution in [0.15, 0.2) is 41.1 Å². The lowest BCUT2D eigenvalue weighted by Crippen LogP contribution is -2.11. The largest absolute Gasteiger partial charge is 0.458 e. The number of hydrogen-bond acceptors (Lipinski definition) is 4. The molecule has 3 heterocycles. The molecule has 0 bridgehead atoms. The average molecular weight is 343 g/mol. The van der Waals surface area contributed by atoms with Gasteiger partial charge >= 0.3 is 0 Å². The van der Waals surface area contributed by atoms with Crippen molar-refractivity contribution < 1.29 is 9.15 Å². The summed E-state index contributed by atoms with van der Waals surface area (Å²) in [6, 6.07) is 7.74. The summed E-state index contributed by atoms with van der Waals surface area (Å²) < 4.78 is 11.9. The molecule has 0 aliphatic carbocycles. The predicted molar refractivity (Wildman–Crippen MR) is 95.3 cm³/mol. The van der Waals surface area contributed by atoms with E-state index < -0.39 is 0 Å². The van der Waals surface area contributed by atoms with Crippen LogP contribution in [0.2, 0.25) is 5.02 Å². The Morgan fingerprint density at radius 3 is 2.92 bits per heavy atom. The van der Waals surface area contributed by atoms with Crippen molar-refractivity contribution in [2.45, 2.75) is 26.6 Å². The van der Waals surface area contributed by atoms with Crippen LogP contribution < -0.4 is 5.32 Å². The Balaban J connectivity index is 1.63. The molecule has 0 spiro atoms. The van der Waals surface area contributed by atoms with Crippen LogP contribution in [-0.2, 0) is 24.4 Å². The second-order valence-corrected chi connectivity index (χ2v) is 6.74. The molecule has 5 heteroatoms. The fourth-order valence-electron chi connectivity index (χ4n) is 3.22. The molecule has 0 fully saturated rings. The van der Waals surface area contributed by atoms with Crippen LogP contribution in [0.1, 0.15) is 23.8 Å². The highest BCUT2D eigenvalue weighted by atomic mass is 35.5. The number of furan rings is 1. The molecule has 4 rings (SSSR count). The maximum Gasteiger partial charge on any atom is 0.136 e. The van der Waals surface area contributed by atoms with Gasteiger partial charge in [0.05, 0.1) is 17.3 Å². The molecule has 3 aromatic rings. The summed E-state index contributed by atoms with van der Waals surface area (Å²) in [6.07, 6.45) is 4.51. The average Bonchev–Trinajstić information content (AvgIpc) is 2.81. The van der Waals surface area contributed by atoms with Gasteiger partial charge in [0.1, 0.15) is 18.0 Å². The molecule has 0 saturated carbocycles. The van der Waals surface area contributed by atoms with Crippen LogP contribution in [0.4, 0.5) is 5.69 Å². The summed E-state index contributed by atoms with van der Waals surface area (Å²) in [5, 5.41) is 5.31. The topological polar surface area (TPSA) is 47.3 Å². The number of pyridine rings is 1. The van der Waals surface area contributed by atoms with Crippen molar-refractivity contribution >= 4 is 28.3 Å². The van der Waals surface area contributed by atoms with Crippen molar-refractivity contribution in [3.8, 4) is 0 Å². The van der Waals surface area contributed by atoms with Gasteiger partial charge in [0.25, 0.3) is 0 Å². The number of anilines is 1. The van der Waals surface area contributed by atoms with E-state index in [-0.39, 0.29) is 0 Å². The van der Waals surface area contributed by atoms with Gasteiger partial charge in [-0.2, -0.15) is 0 Å². The van der Waals surface area contributed by atoms with E-state index in [0.717, 1.165) is 46.0 Å². The maximum absolute atomic E-state index is 6.38. The Labute approximate surface area is 145 Å². The van der Waals surface area contributed by atoms with E-state index in [1.54, 1.807) is 12.4 Å². The highest BCUT2D eigenvalue weighted by Crippen LogP contribution is 2.40. The van der Waals surface area contributed by atoms with Crippen LogP contribution in [0, 0.1) is 5.92 Å². The van der Waals surface area contributed by atoms with E-state index in [9.17, 15) is 0 Å². The molecule has 0 saturated heterocycles. The van der Waals surface area contributed by atoms with Crippen molar-refractivity contribution in [2.75, 3.05) is 11.9 Å². The highest BCUT2D eigenvalue weighted by molar-refractivity contribution is 6.35. The SMILES string of the molecule is CC1CNc2c(Cl)ccc3oc(COCc4ccncc4)c(c23)C1. The normalized spacial score (nSPS) is 16.8. The van der Waals surface area contributed by atoms with Crippen LogP contribution in [-0.4, -0.2) is 11.5 Å². The minimum absolute atomic E-state index is 0.454. The molecule has 1 unspecified atom stereocenters. The standard InChI is InChI=1S/C19H19ClN2O2/c1-12-8-14-17(11-23-10-13-4-6-21-7-5-13)24-16-3-2-15(20)19(18(14)16)22-9-12/h2-7,12,22H,8-11H2,1H3. The first-order valence-electron chi connectivity index (χ1n) is 8.15. The third kappa shape index (κ3) is 2.87. The third-order valence-electron chi connectivity index (χ3n) is 4.42. The molecule has 24 heavy (non-hydrogen) atoms. The molecule has 1 atom stereocenters. The van der Waals surface area contributed by atoms with E-state index in [2.05, 4.69) is 17.2 Å². The van der Waals surface area contributed by atoms with E-state index in [1.165, 1.54) is 5.56 Å².